The summed E-state index contributed by atoms with van der Waals surface area (Å²) in [7, 11) is 0. The van der Waals surface area contributed by atoms with Crippen molar-refractivity contribution in [3.63, 3.8) is 0 Å². The van der Waals surface area contributed by atoms with Gasteiger partial charge in [-0.1, -0.05) is 0 Å². The summed E-state index contributed by atoms with van der Waals surface area (Å²) >= 11 is 0. The largest absolute Gasteiger partial charge is 0.367 e. The van der Waals surface area contributed by atoms with Crippen molar-refractivity contribution in [2.45, 2.75) is 13.5 Å². The molecule has 0 fully saturated rings. The first-order valence-electron chi connectivity index (χ1n) is 6.32. The van der Waals surface area contributed by atoms with Crippen molar-refractivity contribution in [2.24, 2.45) is 0 Å². The summed E-state index contributed by atoms with van der Waals surface area (Å²) in [6, 6.07) is 8.94. The number of hydrogen-bond donors (Lipinski definition) is 1. The van der Waals surface area contributed by atoms with Crippen molar-refractivity contribution in [3.8, 4) is 17.5 Å². The normalized spacial score (nSPS) is 10.6. The van der Waals surface area contributed by atoms with Crippen LogP contribution < -0.4 is 5.43 Å². The number of nitrogens with zero attached hydrogens (tertiary/aromatic N) is 3. The van der Waals surface area contributed by atoms with Gasteiger partial charge in [-0.05, 0) is 25.1 Å². The van der Waals surface area contributed by atoms with Crippen LogP contribution in [0, 0.1) is 11.3 Å². The van der Waals surface area contributed by atoms with Gasteiger partial charge in [0.25, 0.3) is 0 Å². The highest BCUT2D eigenvalue weighted by Crippen LogP contribution is 2.23. The molecule has 0 saturated carbocycles. The monoisotopic (exact) mass is 264 g/mol. The van der Waals surface area contributed by atoms with Crippen LogP contribution in [0.25, 0.3) is 22.4 Å². The lowest BCUT2D eigenvalue weighted by Crippen LogP contribution is -2.07. The summed E-state index contributed by atoms with van der Waals surface area (Å²) in [6.07, 6.45) is 3.25. The van der Waals surface area contributed by atoms with E-state index >= 15 is 0 Å². The average molecular weight is 264 g/mol. The standard InChI is InChI=1S/C15H12N4O/c1-2-19-13-4-3-10(8-16)7-12(13)18-15(19)11-9-17-6-5-14(11)20/h3-7,9H,2H2,1H3,(H,17,20). The molecule has 20 heavy (non-hydrogen) atoms. The summed E-state index contributed by atoms with van der Waals surface area (Å²) in [5.74, 6) is 0.624. The number of aromatic nitrogens is 3. The molecule has 0 aliphatic carbocycles. The minimum atomic E-state index is -0.0748. The van der Waals surface area contributed by atoms with Crippen molar-refractivity contribution in [1.82, 2.24) is 14.5 Å². The second-order valence-electron chi connectivity index (χ2n) is 4.42. The Balaban J connectivity index is 2.34. The van der Waals surface area contributed by atoms with Crippen molar-refractivity contribution in [3.05, 3.63) is 52.4 Å². The molecule has 3 rings (SSSR count). The number of nitriles is 1. The minimum absolute atomic E-state index is 0.0748. The third-order valence-corrected chi connectivity index (χ3v) is 3.26. The molecule has 5 heteroatoms. The zero-order chi connectivity index (χ0) is 14.1. The molecule has 0 aliphatic heterocycles. The Morgan fingerprint density at radius 2 is 2.25 bits per heavy atom. The minimum Gasteiger partial charge on any atom is -0.367 e. The molecule has 0 unspecified atom stereocenters. The first-order valence-corrected chi connectivity index (χ1v) is 6.32. The second-order valence-corrected chi connectivity index (χ2v) is 4.42. The summed E-state index contributed by atoms with van der Waals surface area (Å²) in [5.41, 5.74) is 2.67. The molecule has 2 aromatic heterocycles. The molecule has 1 aromatic carbocycles. The Labute approximate surface area is 115 Å². The SMILES string of the molecule is CCn1c(-c2c[nH]ccc2=O)nc2cc(C#N)ccc21. The average Bonchev–Trinajstić information content (AvgIpc) is 2.84. The van der Waals surface area contributed by atoms with Gasteiger partial charge in [-0.15, -0.1) is 0 Å². The molecule has 0 atom stereocenters. The molecule has 0 aliphatic rings. The van der Waals surface area contributed by atoms with Crippen LogP contribution in [0.15, 0.2) is 41.5 Å². The first-order chi connectivity index (χ1) is 9.74. The maximum atomic E-state index is 12.0. The summed E-state index contributed by atoms with van der Waals surface area (Å²) < 4.78 is 1.97. The van der Waals surface area contributed by atoms with Crippen molar-refractivity contribution < 1.29 is 0 Å². The van der Waals surface area contributed by atoms with Gasteiger partial charge in [0.2, 0.25) is 0 Å². The molecule has 1 N–H and O–H groups in total. The van der Waals surface area contributed by atoms with Crippen LogP contribution in [0.4, 0.5) is 0 Å². The van der Waals surface area contributed by atoms with E-state index in [1.165, 1.54) is 6.07 Å². The zero-order valence-electron chi connectivity index (χ0n) is 10.9. The highest BCUT2D eigenvalue weighted by atomic mass is 16.1. The number of fused-ring (bicyclic) bond motifs is 1. The summed E-state index contributed by atoms with van der Waals surface area (Å²) in [6.45, 7) is 2.70. The van der Waals surface area contributed by atoms with Gasteiger partial charge in [0.05, 0.1) is 28.2 Å². The van der Waals surface area contributed by atoms with E-state index in [4.69, 9.17) is 5.26 Å². The molecule has 5 nitrogen and oxygen atoms in total. The Bertz CT molecular complexity index is 883. The summed E-state index contributed by atoms with van der Waals surface area (Å²) in [4.78, 5) is 19.4. The van der Waals surface area contributed by atoms with E-state index in [0.717, 1.165) is 11.0 Å². The lowest BCUT2D eigenvalue weighted by atomic mass is 10.2. The molecule has 0 radical (unpaired) electrons. The van der Waals surface area contributed by atoms with Gasteiger partial charge in [-0.25, -0.2) is 4.98 Å². The van der Waals surface area contributed by atoms with Crippen LogP contribution in [-0.2, 0) is 6.54 Å². The molecule has 98 valence electrons. The van der Waals surface area contributed by atoms with Crippen LogP contribution in [0.2, 0.25) is 0 Å². The smallest absolute Gasteiger partial charge is 0.192 e. The van der Waals surface area contributed by atoms with E-state index in [9.17, 15) is 4.79 Å². The van der Waals surface area contributed by atoms with E-state index in [2.05, 4.69) is 16.0 Å². The number of pyridine rings is 1. The maximum Gasteiger partial charge on any atom is 0.192 e. The van der Waals surface area contributed by atoms with Crippen LogP contribution >= 0.6 is 0 Å². The van der Waals surface area contributed by atoms with E-state index < -0.39 is 0 Å². The lowest BCUT2D eigenvalue weighted by molar-refractivity contribution is 0.795. The van der Waals surface area contributed by atoms with Crippen LogP contribution in [0.1, 0.15) is 12.5 Å². The number of rotatable bonds is 2. The highest BCUT2D eigenvalue weighted by Gasteiger charge is 2.14. The maximum absolute atomic E-state index is 12.0. The number of benzene rings is 1. The molecule has 0 bridgehead atoms. The number of aromatic amines is 1. The van der Waals surface area contributed by atoms with Gasteiger partial charge in [0.1, 0.15) is 5.82 Å². The van der Waals surface area contributed by atoms with E-state index in [-0.39, 0.29) is 5.43 Å². The van der Waals surface area contributed by atoms with Crippen molar-refractivity contribution in [2.75, 3.05) is 0 Å². The number of imidazole rings is 1. The molecule has 3 aromatic rings. The zero-order valence-corrected chi connectivity index (χ0v) is 10.9. The fourth-order valence-electron chi connectivity index (χ4n) is 2.32. The van der Waals surface area contributed by atoms with Gasteiger partial charge >= 0.3 is 0 Å². The quantitative estimate of drug-likeness (QED) is 0.771. The summed E-state index contributed by atoms with van der Waals surface area (Å²) in [5, 5.41) is 8.95. The first kappa shape index (κ1) is 12.2. The number of nitrogens with one attached hydrogen (secondary N) is 1. The number of H-pyrrole nitrogens is 1. The highest BCUT2D eigenvalue weighted by molar-refractivity contribution is 5.81. The third kappa shape index (κ3) is 1.79. The fraction of sp³-hybridized carbons (Fsp3) is 0.133. The van der Waals surface area contributed by atoms with Gasteiger partial charge in [-0.3, -0.25) is 4.79 Å². The van der Waals surface area contributed by atoms with Gasteiger partial charge < -0.3 is 9.55 Å². The molecular weight excluding hydrogens is 252 g/mol. The Kier molecular flexibility index (Phi) is 2.84. The molecular formula is C15H12N4O. The number of aryl methyl sites for hydroxylation is 1. The molecule has 2 heterocycles. The van der Waals surface area contributed by atoms with E-state index in [1.807, 2.05) is 17.6 Å². The van der Waals surface area contributed by atoms with Crippen LogP contribution in [0.5, 0.6) is 0 Å². The Morgan fingerprint density at radius 3 is 2.95 bits per heavy atom. The van der Waals surface area contributed by atoms with Crippen LogP contribution in [0.3, 0.4) is 0 Å². The van der Waals surface area contributed by atoms with E-state index in [1.54, 1.807) is 24.5 Å². The third-order valence-electron chi connectivity index (χ3n) is 3.26. The van der Waals surface area contributed by atoms with Gasteiger partial charge in [-0.2, -0.15) is 5.26 Å². The van der Waals surface area contributed by atoms with Crippen molar-refractivity contribution in [1.29, 1.82) is 5.26 Å². The van der Waals surface area contributed by atoms with E-state index in [0.29, 0.717) is 23.5 Å². The molecule has 0 amide bonds. The fourth-order valence-corrected chi connectivity index (χ4v) is 2.32. The van der Waals surface area contributed by atoms with Crippen LogP contribution in [-0.4, -0.2) is 14.5 Å². The van der Waals surface area contributed by atoms with Gasteiger partial charge in [0.15, 0.2) is 5.43 Å². The Morgan fingerprint density at radius 1 is 1.40 bits per heavy atom. The predicted octanol–water partition coefficient (Wildman–Crippen LogP) is 2.28. The molecule has 0 spiro atoms. The number of hydrogen-bond acceptors (Lipinski definition) is 3. The predicted molar refractivity (Wildman–Crippen MR) is 76.2 cm³/mol. The van der Waals surface area contributed by atoms with Crippen molar-refractivity contribution >= 4 is 11.0 Å². The lowest BCUT2D eigenvalue weighted by Gasteiger charge is -2.05. The molecule has 0 saturated heterocycles. The second kappa shape index (κ2) is 4.67. The topological polar surface area (TPSA) is 74.5 Å². The van der Waals surface area contributed by atoms with Gasteiger partial charge in [0, 0.05) is 25.0 Å². The Hall–Kier alpha value is -2.87.